The lowest BCUT2D eigenvalue weighted by Gasteiger charge is -2.04. The first-order chi connectivity index (χ1) is 7.29. The lowest BCUT2D eigenvalue weighted by molar-refractivity contribution is 0.595. The fraction of sp³-hybridized carbons (Fsp3) is 0.385. The van der Waals surface area contributed by atoms with Gasteiger partial charge >= 0.3 is 0 Å². The molecule has 80 valence electrons. The summed E-state index contributed by atoms with van der Waals surface area (Å²) in [6.07, 6.45) is 2.37. The molecule has 1 heterocycles. The number of halogens is 1. The molecule has 2 aromatic rings. The van der Waals surface area contributed by atoms with Crippen LogP contribution in [0.4, 0.5) is 0 Å². The molecule has 0 spiro atoms. The summed E-state index contributed by atoms with van der Waals surface area (Å²) in [5.41, 5.74) is 2.60. The van der Waals surface area contributed by atoms with E-state index in [1.165, 1.54) is 23.0 Å². The average molecular weight is 266 g/mol. The summed E-state index contributed by atoms with van der Waals surface area (Å²) in [5, 5.41) is 2.41. The van der Waals surface area contributed by atoms with Gasteiger partial charge in [-0.25, -0.2) is 0 Å². The van der Waals surface area contributed by atoms with E-state index in [1.54, 1.807) is 0 Å². The predicted molar refractivity (Wildman–Crippen MR) is 69.6 cm³/mol. The topological polar surface area (TPSA) is 15.8 Å². The second-order valence-electron chi connectivity index (χ2n) is 4.18. The number of aryl methyl sites for hydroxylation is 1. The number of alkyl halides is 1. The third-order valence-corrected chi connectivity index (χ3v) is 3.86. The van der Waals surface area contributed by atoms with Crippen LogP contribution in [0.15, 0.2) is 30.3 Å². The van der Waals surface area contributed by atoms with E-state index in [1.807, 2.05) is 0 Å². The molecule has 0 saturated heterocycles. The Morgan fingerprint density at radius 1 is 1.33 bits per heavy atom. The van der Waals surface area contributed by atoms with Crippen molar-refractivity contribution in [3.8, 4) is 0 Å². The minimum absolute atomic E-state index is 0.747. The van der Waals surface area contributed by atoms with E-state index in [2.05, 4.69) is 58.2 Å². The highest BCUT2D eigenvalue weighted by Gasteiger charge is 2.03. The van der Waals surface area contributed by atoms with Crippen LogP contribution >= 0.6 is 15.9 Å². The largest absolute Gasteiger partial charge is 0.358 e. The standard InChI is InChI=1S/C13H16BrN/c1-10(9-14)6-7-12-8-11-4-2-3-5-13(11)15-12/h2-5,8,10,15H,6-7,9H2,1H3. The van der Waals surface area contributed by atoms with E-state index < -0.39 is 0 Å². The van der Waals surface area contributed by atoms with Crippen molar-refractivity contribution < 1.29 is 0 Å². The molecule has 0 radical (unpaired) electrons. The third-order valence-electron chi connectivity index (χ3n) is 2.76. The molecule has 2 rings (SSSR count). The van der Waals surface area contributed by atoms with Crippen molar-refractivity contribution in [2.24, 2.45) is 5.92 Å². The summed E-state index contributed by atoms with van der Waals surface area (Å²) >= 11 is 3.51. The van der Waals surface area contributed by atoms with Crippen LogP contribution in [0.5, 0.6) is 0 Å². The van der Waals surface area contributed by atoms with Crippen molar-refractivity contribution >= 4 is 26.8 Å². The SMILES string of the molecule is CC(CBr)CCc1cc2ccccc2[nH]1. The Hall–Kier alpha value is -0.760. The minimum Gasteiger partial charge on any atom is -0.358 e. The van der Waals surface area contributed by atoms with Gasteiger partial charge in [0.2, 0.25) is 0 Å². The van der Waals surface area contributed by atoms with Crippen molar-refractivity contribution in [3.63, 3.8) is 0 Å². The molecule has 0 aliphatic rings. The summed E-state index contributed by atoms with van der Waals surface area (Å²) < 4.78 is 0. The molecule has 1 unspecified atom stereocenters. The van der Waals surface area contributed by atoms with Gasteiger partial charge in [0.05, 0.1) is 0 Å². The van der Waals surface area contributed by atoms with Crippen LogP contribution in [-0.4, -0.2) is 10.3 Å². The number of aromatic amines is 1. The number of hydrogen-bond donors (Lipinski definition) is 1. The van der Waals surface area contributed by atoms with Crippen LogP contribution in [-0.2, 0) is 6.42 Å². The summed E-state index contributed by atoms with van der Waals surface area (Å²) in [7, 11) is 0. The molecule has 0 bridgehead atoms. The van der Waals surface area contributed by atoms with Crippen molar-refractivity contribution in [3.05, 3.63) is 36.0 Å². The first-order valence-corrected chi connectivity index (χ1v) is 6.54. The van der Waals surface area contributed by atoms with Gasteiger partial charge in [-0.05, 0) is 36.3 Å². The van der Waals surface area contributed by atoms with Crippen LogP contribution in [0.2, 0.25) is 0 Å². The smallest absolute Gasteiger partial charge is 0.0456 e. The molecule has 1 aromatic heterocycles. The molecule has 1 atom stereocenters. The van der Waals surface area contributed by atoms with Crippen LogP contribution in [0.25, 0.3) is 10.9 Å². The molecule has 1 N–H and O–H groups in total. The minimum atomic E-state index is 0.747. The molecule has 0 aliphatic carbocycles. The maximum Gasteiger partial charge on any atom is 0.0456 e. The second-order valence-corrected chi connectivity index (χ2v) is 4.83. The Balaban J connectivity index is 2.09. The van der Waals surface area contributed by atoms with Crippen molar-refractivity contribution in [1.82, 2.24) is 4.98 Å². The van der Waals surface area contributed by atoms with Gasteiger partial charge in [0.1, 0.15) is 0 Å². The number of rotatable bonds is 4. The Labute approximate surface area is 99.0 Å². The number of hydrogen-bond acceptors (Lipinski definition) is 0. The number of benzene rings is 1. The normalized spacial score (nSPS) is 13.2. The van der Waals surface area contributed by atoms with Crippen LogP contribution < -0.4 is 0 Å². The van der Waals surface area contributed by atoms with E-state index in [4.69, 9.17) is 0 Å². The molecule has 2 heteroatoms. The fourth-order valence-corrected chi connectivity index (χ4v) is 2.07. The van der Waals surface area contributed by atoms with Crippen molar-refractivity contribution in [2.45, 2.75) is 19.8 Å². The van der Waals surface area contributed by atoms with Gasteiger partial charge in [0, 0.05) is 16.5 Å². The summed E-state index contributed by atoms with van der Waals surface area (Å²) in [5.74, 6) is 0.747. The maximum atomic E-state index is 3.51. The summed E-state index contributed by atoms with van der Waals surface area (Å²) in [4.78, 5) is 3.46. The first-order valence-electron chi connectivity index (χ1n) is 5.42. The second kappa shape index (κ2) is 4.84. The van der Waals surface area contributed by atoms with E-state index >= 15 is 0 Å². The monoisotopic (exact) mass is 265 g/mol. The van der Waals surface area contributed by atoms with E-state index in [9.17, 15) is 0 Å². The van der Waals surface area contributed by atoms with Crippen LogP contribution in [0.3, 0.4) is 0 Å². The Bertz CT molecular complexity index is 400. The zero-order valence-electron chi connectivity index (χ0n) is 8.96. The highest BCUT2D eigenvalue weighted by molar-refractivity contribution is 9.09. The Morgan fingerprint density at radius 3 is 2.87 bits per heavy atom. The third kappa shape index (κ3) is 2.63. The molecule has 1 nitrogen and oxygen atoms in total. The molecule has 0 saturated carbocycles. The van der Waals surface area contributed by atoms with Gasteiger partial charge in [0.25, 0.3) is 0 Å². The number of nitrogens with one attached hydrogen (secondary N) is 1. The van der Waals surface area contributed by atoms with Gasteiger partial charge in [0.15, 0.2) is 0 Å². The lowest BCUT2D eigenvalue weighted by atomic mass is 10.1. The number of para-hydroxylation sites is 1. The Kier molecular flexibility index (Phi) is 3.47. The van der Waals surface area contributed by atoms with E-state index in [0.717, 1.165) is 17.7 Å². The Morgan fingerprint density at radius 2 is 2.13 bits per heavy atom. The van der Waals surface area contributed by atoms with Crippen molar-refractivity contribution in [2.75, 3.05) is 5.33 Å². The number of fused-ring (bicyclic) bond motifs is 1. The predicted octanol–water partition coefficient (Wildman–Crippen LogP) is 4.13. The molecular weight excluding hydrogens is 250 g/mol. The molecule has 0 aliphatic heterocycles. The highest BCUT2D eigenvalue weighted by Crippen LogP contribution is 2.17. The molecule has 0 amide bonds. The average Bonchev–Trinajstić information content (AvgIpc) is 2.68. The van der Waals surface area contributed by atoms with E-state index in [0.29, 0.717) is 0 Å². The number of aromatic nitrogens is 1. The fourth-order valence-electron chi connectivity index (χ4n) is 1.75. The molecule has 1 aromatic carbocycles. The van der Waals surface area contributed by atoms with Crippen LogP contribution in [0, 0.1) is 5.92 Å². The zero-order chi connectivity index (χ0) is 10.7. The van der Waals surface area contributed by atoms with Gasteiger partial charge in [-0.15, -0.1) is 0 Å². The van der Waals surface area contributed by atoms with Crippen LogP contribution in [0.1, 0.15) is 19.0 Å². The van der Waals surface area contributed by atoms with E-state index in [-0.39, 0.29) is 0 Å². The maximum absolute atomic E-state index is 3.51. The lowest BCUT2D eigenvalue weighted by Crippen LogP contribution is -1.98. The summed E-state index contributed by atoms with van der Waals surface area (Å²) in [6.45, 7) is 2.28. The number of H-pyrrole nitrogens is 1. The quantitative estimate of drug-likeness (QED) is 0.801. The highest BCUT2D eigenvalue weighted by atomic mass is 79.9. The van der Waals surface area contributed by atoms with Crippen molar-refractivity contribution in [1.29, 1.82) is 0 Å². The first kappa shape index (κ1) is 10.7. The van der Waals surface area contributed by atoms with Gasteiger partial charge < -0.3 is 4.98 Å². The van der Waals surface area contributed by atoms with Gasteiger partial charge in [-0.1, -0.05) is 41.1 Å². The molecule has 0 fully saturated rings. The molecular formula is C13H16BrN. The summed E-state index contributed by atoms with van der Waals surface area (Å²) in [6, 6.07) is 10.7. The van der Waals surface area contributed by atoms with Gasteiger partial charge in [-0.3, -0.25) is 0 Å². The zero-order valence-corrected chi connectivity index (χ0v) is 10.5. The van der Waals surface area contributed by atoms with Gasteiger partial charge in [-0.2, -0.15) is 0 Å². The molecule has 15 heavy (non-hydrogen) atoms.